The fourth-order valence-corrected chi connectivity index (χ4v) is 5.82. The predicted molar refractivity (Wildman–Crippen MR) is 93.1 cm³/mol. The van der Waals surface area contributed by atoms with Crippen molar-refractivity contribution in [2.24, 2.45) is 0 Å². The second-order valence-electron chi connectivity index (χ2n) is 4.56. The Bertz CT molecular complexity index is 1040. The van der Waals surface area contributed by atoms with Crippen molar-refractivity contribution in [1.29, 1.82) is 0 Å². The minimum absolute atomic E-state index is 0.0189. The molecule has 0 unspecified atom stereocenters. The summed E-state index contributed by atoms with van der Waals surface area (Å²) >= 11 is 4.89. The van der Waals surface area contributed by atoms with Crippen molar-refractivity contribution in [2.75, 3.05) is 0 Å². The molecule has 0 N–H and O–H groups in total. The molecule has 0 aliphatic carbocycles. The standard InChI is InChI=1S/C15H8BrN3OSSe/c16-11-7-3-1-5-9(11)13-17-18-15(21-13)19-14(20)10-6-2-4-8-12(10)22-19/h1-8H. The molecular formula is C15H8BrN3OSSe. The summed E-state index contributed by atoms with van der Waals surface area (Å²) in [4.78, 5) is 12.5. The zero-order valence-corrected chi connectivity index (χ0v) is 15.2. The number of nitrogens with zero attached hydrogens (tertiary/aromatic N) is 3. The summed E-state index contributed by atoms with van der Waals surface area (Å²) in [5.74, 6) is 0. The first-order valence-corrected chi connectivity index (χ1v) is 9.67. The molecule has 0 radical (unpaired) electrons. The van der Waals surface area contributed by atoms with E-state index in [1.165, 1.54) is 11.3 Å². The van der Waals surface area contributed by atoms with Gasteiger partial charge in [0.2, 0.25) is 0 Å². The Balaban J connectivity index is 1.86. The Morgan fingerprint density at radius 1 is 1.05 bits per heavy atom. The number of rotatable bonds is 2. The molecule has 2 heterocycles. The number of halogens is 1. The summed E-state index contributed by atoms with van der Waals surface area (Å²) in [5, 5.41) is 10.7. The van der Waals surface area contributed by atoms with Crippen molar-refractivity contribution in [3.63, 3.8) is 0 Å². The first-order chi connectivity index (χ1) is 10.7. The molecule has 7 heteroatoms. The number of aromatic nitrogens is 3. The normalized spacial score (nSPS) is 11.1. The topological polar surface area (TPSA) is 47.8 Å². The Morgan fingerprint density at radius 3 is 2.64 bits per heavy atom. The summed E-state index contributed by atoms with van der Waals surface area (Å²) in [6.07, 6.45) is 0. The van der Waals surface area contributed by atoms with Gasteiger partial charge in [-0.15, -0.1) is 0 Å². The molecule has 0 saturated carbocycles. The molecule has 0 atom stereocenters. The van der Waals surface area contributed by atoms with Gasteiger partial charge in [-0.05, 0) is 0 Å². The second-order valence-corrected chi connectivity index (χ2v) is 8.44. The molecule has 4 rings (SSSR count). The molecule has 4 aromatic rings. The van der Waals surface area contributed by atoms with Crippen LogP contribution in [0.25, 0.3) is 25.3 Å². The molecule has 0 saturated heterocycles. The van der Waals surface area contributed by atoms with Crippen LogP contribution in [0.5, 0.6) is 0 Å². The summed E-state index contributed by atoms with van der Waals surface area (Å²) in [6.45, 7) is 0. The summed E-state index contributed by atoms with van der Waals surface area (Å²) in [6, 6.07) is 15.6. The van der Waals surface area contributed by atoms with Crippen LogP contribution in [0.15, 0.2) is 57.8 Å². The van der Waals surface area contributed by atoms with Gasteiger partial charge in [-0.1, -0.05) is 0 Å². The van der Waals surface area contributed by atoms with E-state index in [9.17, 15) is 4.79 Å². The summed E-state index contributed by atoms with van der Waals surface area (Å²) < 4.78 is 3.81. The molecule has 108 valence electrons. The van der Waals surface area contributed by atoms with Crippen LogP contribution >= 0.6 is 27.3 Å². The molecular weight excluding hydrogens is 429 g/mol. The van der Waals surface area contributed by atoms with Gasteiger partial charge in [0.05, 0.1) is 0 Å². The number of fused-ring (bicyclic) bond motifs is 1. The third kappa shape index (κ3) is 2.30. The van der Waals surface area contributed by atoms with E-state index in [1.807, 2.05) is 48.5 Å². The number of benzene rings is 2. The maximum atomic E-state index is 12.5. The quantitative estimate of drug-likeness (QED) is 0.453. The monoisotopic (exact) mass is 437 g/mol. The van der Waals surface area contributed by atoms with E-state index in [0.717, 1.165) is 24.7 Å². The van der Waals surface area contributed by atoms with Gasteiger partial charge in [0, 0.05) is 0 Å². The third-order valence-corrected chi connectivity index (χ3v) is 7.33. The van der Waals surface area contributed by atoms with Gasteiger partial charge in [0.25, 0.3) is 0 Å². The van der Waals surface area contributed by atoms with E-state index < -0.39 is 0 Å². The minimum atomic E-state index is -0.0710. The zero-order valence-electron chi connectivity index (χ0n) is 11.1. The summed E-state index contributed by atoms with van der Waals surface area (Å²) in [5.41, 5.74) is 1.01. The number of hydrogen-bond acceptors (Lipinski definition) is 4. The average Bonchev–Trinajstić information content (AvgIpc) is 3.13. The Labute approximate surface area is 144 Å². The Kier molecular flexibility index (Phi) is 3.58. The molecule has 2 aromatic heterocycles. The second kappa shape index (κ2) is 5.59. The molecule has 0 fully saturated rings. The van der Waals surface area contributed by atoms with Crippen LogP contribution in [0, 0.1) is 0 Å². The molecule has 0 amide bonds. The summed E-state index contributed by atoms with van der Waals surface area (Å²) in [7, 11) is 0. The van der Waals surface area contributed by atoms with E-state index >= 15 is 0 Å². The van der Waals surface area contributed by atoms with Crippen molar-refractivity contribution in [3.05, 3.63) is 63.4 Å². The molecule has 0 bridgehead atoms. The van der Waals surface area contributed by atoms with Crippen molar-refractivity contribution in [3.8, 4) is 15.7 Å². The van der Waals surface area contributed by atoms with Crippen LogP contribution in [-0.2, 0) is 0 Å². The van der Waals surface area contributed by atoms with Gasteiger partial charge < -0.3 is 0 Å². The van der Waals surface area contributed by atoms with Gasteiger partial charge in [0.1, 0.15) is 0 Å². The fourth-order valence-electron chi connectivity index (χ4n) is 2.14. The Hall–Kier alpha value is -1.53. The number of hydrogen-bond donors (Lipinski definition) is 0. The van der Waals surface area contributed by atoms with Crippen molar-refractivity contribution < 1.29 is 0 Å². The van der Waals surface area contributed by atoms with Crippen LogP contribution < -0.4 is 5.56 Å². The van der Waals surface area contributed by atoms with Crippen LogP contribution in [0.2, 0.25) is 0 Å². The van der Waals surface area contributed by atoms with Gasteiger partial charge in [-0.25, -0.2) is 0 Å². The van der Waals surface area contributed by atoms with Crippen LogP contribution in [0.3, 0.4) is 0 Å². The van der Waals surface area contributed by atoms with Crippen LogP contribution in [0.1, 0.15) is 0 Å². The van der Waals surface area contributed by atoms with Crippen LogP contribution in [-0.4, -0.2) is 28.5 Å². The van der Waals surface area contributed by atoms with Crippen LogP contribution in [0.4, 0.5) is 0 Å². The molecule has 0 aliphatic heterocycles. The van der Waals surface area contributed by atoms with Crippen molar-refractivity contribution in [2.45, 2.75) is 0 Å². The van der Waals surface area contributed by atoms with Gasteiger partial charge in [-0.2, -0.15) is 0 Å². The van der Waals surface area contributed by atoms with Gasteiger partial charge in [0.15, 0.2) is 0 Å². The zero-order chi connectivity index (χ0) is 15.1. The SMILES string of the molecule is O=c1c2ccccc2[se]n1-c1nnc(-c2ccccc2Br)s1. The predicted octanol–water partition coefficient (Wildman–Crippen LogP) is 3.33. The molecule has 4 nitrogen and oxygen atoms in total. The first kappa shape index (κ1) is 14.1. The van der Waals surface area contributed by atoms with Crippen molar-refractivity contribution >= 4 is 51.6 Å². The molecule has 0 aliphatic rings. The van der Waals surface area contributed by atoms with Gasteiger partial charge in [-0.3, -0.25) is 0 Å². The van der Waals surface area contributed by atoms with E-state index in [4.69, 9.17) is 0 Å². The van der Waals surface area contributed by atoms with Gasteiger partial charge >= 0.3 is 144 Å². The fraction of sp³-hybridized carbons (Fsp3) is 0. The Morgan fingerprint density at radius 2 is 1.82 bits per heavy atom. The molecule has 0 spiro atoms. The molecule has 22 heavy (non-hydrogen) atoms. The van der Waals surface area contributed by atoms with Crippen molar-refractivity contribution in [1.82, 2.24) is 13.8 Å². The first-order valence-electron chi connectivity index (χ1n) is 6.44. The molecule has 2 aromatic carbocycles. The van der Waals surface area contributed by atoms with E-state index in [2.05, 4.69) is 26.1 Å². The third-order valence-electron chi connectivity index (χ3n) is 3.18. The van der Waals surface area contributed by atoms with E-state index in [-0.39, 0.29) is 20.3 Å². The maximum absolute atomic E-state index is 12.5. The van der Waals surface area contributed by atoms with E-state index in [0.29, 0.717) is 5.13 Å². The van der Waals surface area contributed by atoms with E-state index in [1.54, 1.807) is 3.56 Å². The average molecular weight is 437 g/mol.